The third-order valence-corrected chi connectivity index (χ3v) is 3.17. The highest BCUT2D eigenvalue weighted by atomic mass is 13.9. The molecule has 0 bridgehead atoms. The minimum absolute atomic E-state index is 1.03. The van der Waals surface area contributed by atoms with Crippen LogP contribution in [0.4, 0.5) is 0 Å². The zero-order chi connectivity index (χ0) is 13.3. The van der Waals surface area contributed by atoms with Crippen molar-refractivity contribution in [3.8, 4) is 0 Å². The van der Waals surface area contributed by atoms with Gasteiger partial charge in [-0.3, -0.25) is 0 Å². The molecule has 0 aromatic carbocycles. The first kappa shape index (κ1) is 17.5. The standard InChI is InChI=1S/C18H33/c1-3-5-7-9-11-13-15-17-18-16-14-12-10-8-6-4-2/h7,9,14,16H,1,3-6,8,10-13,15,17-18H2,2H3. The summed E-state index contributed by atoms with van der Waals surface area (Å²) < 4.78 is 0. The highest BCUT2D eigenvalue weighted by molar-refractivity contribution is 4.83. The fourth-order valence-corrected chi connectivity index (χ4v) is 1.98. The third-order valence-electron chi connectivity index (χ3n) is 3.17. The van der Waals surface area contributed by atoms with Gasteiger partial charge in [0.05, 0.1) is 0 Å². The zero-order valence-corrected chi connectivity index (χ0v) is 12.5. The molecule has 18 heavy (non-hydrogen) atoms. The van der Waals surface area contributed by atoms with Crippen molar-refractivity contribution in [1.29, 1.82) is 0 Å². The SMILES string of the molecule is [CH2]CCC=CCCCCCC=CCCCCCC. The molecule has 0 amide bonds. The van der Waals surface area contributed by atoms with Crippen molar-refractivity contribution in [1.82, 2.24) is 0 Å². The van der Waals surface area contributed by atoms with E-state index in [2.05, 4.69) is 38.2 Å². The van der Waals surface area contributed by atoms with Gasteiger partial charge in [0.2, 0.25) is 0 Å². The molecule has 0 N–H and O–H groups in total. The van der Waals surface area contributed by atoms with E-state index in [9.17, 15) is 0 Å². The Kier molecular flexibility index (Phi) is 16.0. The molecule has 0 saturated carbocycles. The molecule has 0 aliphatic heterocycles. The lowest BCUT2D eigenvalue weighted by Crippen LogP contribution is -1.76. The van der Waals surface area contributed by atoms with Gasteiger partial charge in [-0.05, 0) is 51.4 Å². The van der Waals surface area contributed by atoms with E-state index in [1.807, 2.05) is 0 Å². The van der Waals surface area contributed by atoms with Gasteiger partial charge in [0, 0.05) is 0 Å². The van der Waals surface area contributed by atoms with Crippen LogP contribution >= 0.6 is 0 Å². The van der Waals surface area contributed by atoms with Crippen LogP contribution in [0, 0.1) is 6.92 Å². The monoisotopic (exact) mass is 249 g/mol. The lowest BCUT2D eigenvalue weighted by atomic mass is 10.1. The quantitative estimate of drug-likeness (QED) is 0.254. The van der Waals surface area contributed by atoms with Crippen LogP contribution < -0.4 is 0 Å². The van der Waals surface area contributed by atoms with E-state index in [0.29, 0.717) is 0 Å². The molecule has 0 heteroatoms. The second-order valence-corrected chi connectivity index (χ2v) is 5.07. The molecule has 0 aromatic heterocycles. The van der Waals surface area contributed by atoms with Crippen molar-refractivity contribution >= 4 is 0 Å². The maximum atomic E-state index is 3.83. The van der Waals surface area contributed by atoms with Crippen LogP contribution in [0.3, 0.4) is 0 Å². The molecule has 0 aliphatic rings. The summed E-state index contributed by atoms with van der Waals surface area (Å²) in [6, 6.07) is 0. The lowest BCUT2D eigenvalue weighted by Gasteiger charge is -1.96. The predicted octanol–water partition coefficient (Wildman–Crippen LogP) is 6.63. The molecule has 0 aliphatic carbocycles. The first-order valence-electron chi connectivity index (χ1n) is 8.01. The Hall–Kier alpha value is -0.520. The average molecular weight is 249 g/mol. The normalized spacial score (nSPS) is 11.9. The molecule has 0 rings (SSSR count). The zero-order valence-electron chi connectivity index (χ0n) is 12.5. The van der Waals surface area contributed by atoms with Crippen LogP contribution in [-0.4, -0.2) is 0 Å². The summed E-state index contributed by atoms with van der Waals surface area (Å²) in [5, 5.41) is 0. The Morgan fingerprint density at radius 1 is 0.611 bits per heavy atom. The Bertz CT molecular complexity index is 188. The maximum Gasteiger partial charge on any atom is -0.0351 e. The van der Waals surface area contributed by atoms with Gasteiger partial charge in [-0.15, -0.1) is 0 Å². The van der Waals surface area contributed by atoms with Crippen molar-refractivity contribution in [2.24, 2.45) is 0 Å². The summed E-state index contributed by atoms with van der Waals surface area (Å²) in [5.41, 5.74) is 0. The van der Waals surface area contributed by atoms with Crippen LogP contribution in [0.25, 0.3) is 0 Å². The molecule has 0 fully saturated rings. The number of hydrogen-bond acceptors (Lipinski definition) is 0. The van der Waals surface area contributed by atoms with Crippen LogP contribution in [-0.2, 0) is 0 Å². The van der Waals surface area contributed by atoms with Gasteiger partial charge in [0.15, 0.2) is 0 Å². The second kappa shape index (κ2) is 16.5. The van der Waals surface area contributed by atoms with Gasteiger partial charge in [0.1, 0.15) is 0 Å². The molecule has 0 unspecified atom stereocenters. The van der Waals surface area contributed by atoms with Gasteiger partial charge in [-0.1, -0.05) is 63.8 Å². The van der Waals surface area contributed by atoms with E-state index >= 15 is 0 Å². The van der Waals surface area contributed by atoms with Crippen molar-refractivity contribution in [2.75, 3.05) is 0 Å². The van der Waals surface area contributed by atoms with Crippen LogP contribution in [0.1, 0.15) is 84.0 Å². The topological polar surface area (TPSA) is 0 Å². The molecular weight excluding hydrogens is 216 g/mol. The summed E-state index contributed by atoms with van der Waals surface area (Å²) in [6.45, 7) is 6.09. The van der Waals surface area contributed by atoms with Crippen molar-refractivity contribution < 1.29 is 0 Å². The summed E-state index contributed by atoms with van der Waals surface area (Å²) in [6.07, 6.45) is 24.9. The van der Waals surface area contributed by atoms with Crippen LogP contribution in [0.5, 0.6) is 0 Å². The number of rotatable bonds is 13. The van der Waals surface area contributed by atoms with E-state index < -0.39 is 0 Å². The molecule has 0 spiro atoms. The summed E-state index contributed by atoms with van der Waals surface area (Å²) in [5.74, 6) is 0. The van der Waals surface area contributed by atoms with Gasteiger partial charge in [0.25, 0.3) is 0 Å². The molecule has 105 valence electrons. The average Bonchev–Trinajstić information content (AvgIpc) is 2.39. The number of unbranched alkanes of at least 4 members (excludes halogenated alkanes) is 9. The minimum atomic E-state index is 1.03. The van der Waals surface area contributed by atoms with Gasteiger partial charge in [-0.25, -0.2) is 0 Å². The van der Waals surface area contributed by atoms with Crippen LogP contribution in [0.2, 0.25) is 0 Å². The summed E-state index contributed by atoms with van der Waals surface area (Å²) >= 11 is 0. The molecule has 0 saturated heterocycles. The van der Waals surface area contributed by atoms with Gasteiger partial charge >= 0.3 is 0 Å². The molecule has 0 aromatic rings. The van der Waals surface area contributed by atoms with Gasteiger partial charge < -0.3 is 0 Å². The highest BCUT2D eigenvalue weighted by Gasteiger charge is 1.87. The molecule has 0 nitrogen and oxygen atoms in total. The minimum Gasteiger partial charge on any atom is -0.0885 e. The first-order chi connectivity index (χ1) is 8.91. The van der Waals surface area contributed by atoms with E-state index in [4.69, 9.17) is 0 Å². The third kappa shape index (κ3) is 15.5. The highest BCUT2D eigenvalue weighted by Crippen LogP contribution is 2.07. The predicted molar refractivity (Wildman–Crippen MR) is 84.7 cm³/mol. The maximum absolute atomic E-state index is 3.83. The van der Waals surface area contributed by atoms with E-state index in [1.165, 1.54) is 64.2 Å². The summed E-state index contributed by atoms with van der Waals surface area (Å²) in [4.78, 5) is 0. The fourth-order valence-electron chi connectivity index (χ4n) is 1.98. The van der Waals surface area contributed by atoms with E-state index in [-0.39, 0.29) is 0 Å². The molecule has 0 heterocycles. The Labute approximate surface area is 116 Å². The largest absolute Gasteiger partial charge is 0.0885 e. The van der Waals surface area contributed by atoms with Crippen LogP contribution in [0.15, 0.2) is 24.3 Å². The smallest absolute Gasteiger partial charge is 0.0351 e. The summed E-state index contributed by atoms with van der Waals surface area (Å²) in [7, 11) is 0. The van der Waals surface area contributed by atoms with Crippen molar-refractivity contribution in [3.63, 3.8) is 0 Å². The fraction of sp³-hybridized carbons (Fsp3) is 0.722. The Balaban J connectivity index is 3.08. The van der Waals surface area contributed by atoms with Gasteiger partial charge in [-0.2, -0.15) is 0 Å². The Morgan fingerprint density at radius 2 is 1.06 bits per heavy atom. The number of hydrogen-bond donors (Lipinski definition) is 0. The molecule has 1 radical (unpaired) electrons. The lowest BCUT2D eigenvalue weighted by molar-refractivity contribution is 0.670. The van der Waals surface area contributed by atoms with E-state index in [1.54, 1.807) is 0 Å². The van der Waals surface area contributed by atoms with E-state index in [0.717, 1.165) is 12.8 Å². The van der Waals surface area contributed by atoms with Crippen molar-refractivity contribution in [3.05, 3.63) is 31.2 Å². The molecular formula is C18H33. The molecule has 0 atom stereocenters. The van der Waals surface area contributed by atoms with Crippen molar-refractivity contribution in [2.45, 2.75) is 84.0 Å². The Morgan fingerprint density at radius 3 is 1.50 bits per heavy atom. The second-order valence-electron chi connectivity index (χ2n) is 5.07. The first-order valence-corrected chi connectivity index (χ1v) is 8.01. The number of allylic oxidation sites excluding steroid dienone is 4.